The minimum atomic E-state index is -0.0189. The molecule has 2 heteroatoms. The van der Waals surface area contributed by atoms with E-state index in [1.165, 1.54) is 16.3 Å². The van der Waals surface area contributed by atoms with Crippen molar-refractivity contribution in [1.29, 1.82) is 0 Å². The van der Waals surface area contributed by atoms with Crippen molar-refractivity contribution in [1.82, 2.24) is 4.90 Å². The molecular formula is C19H28N2. The molecule has 2 aromatic carbocycles. The van der Waals surface area contributed by atoms with E-state index < -0.39 is 0 Å². The largest absolute Gasteiger partial charge is 0.325 e. The van der Waals surface area contributed by atoms with Gasteiger partial charge in [-0.15, -0.1) is 0 Å². The minimum Gasteiger partial charge on any atom is -0.325 e. The highest BCUT2D eigenvalue weighted by Crippen LogP contribution is 2.25. The average molecular weight is 284 g/mol. The Morgan fingerprint density at radius 2 is 1.62 bits per heavy atom. The Bertz CT molecular complexity index is 569. The summed E-state index contributed by atoms with van der Waals surface area (Å²) in [7, 11) is 2.18. The molecule has 3 rings (SSSR count). The molecule has 0 saturated carbocycles. The SMILES string of the molecule is CC.CN1CCC(N)(Cc2ccc3ccccc3c2)CC1. The fraction of sp³-hybridized carbons (Fsp3) is 0.474. The number of nitrogens with two attached hydrogens (primary N) is 1. The lowest BCUT2D eigenvalue weighted by Gasteiger charge is -2.37. The van der Waals surface area contributed by atoms with Gasteiger partial charge in [-0.2, -0.15) is 0 Å². The standard InChI is InChI=1S/C17H22N2.C2H6/c1-19-10-8-17(18,9-11-19)13-14-6-7-15-4-2-3-5-16(15)12-14;1-2/h2-7,12H,8-11,13,18H2,1H3;1-2H3. The molecule has 21 heavy (non-hydrogen) atoms. The fourth-order valence-electron chi connectivity index (χ4n) is 3.00. The second-order valence-corrected chi connectivity index (χ2v) is 6.02. The molecule has 1 aliphatic rings. The summed E-state index contributed by atoms with van der Waals surface area (Å²) >= 11 is 0. The predicted octanol–water partition coefficient (Wildman–Crippen LogP) is 3.83. The van der Waals surface area contributed by atoms with Crippen LogP contribution in [0.25, 0.3) is 10.8 Å². The summed E-state index contributed by atoms with van der Waals surface area (Å²) in [5.74, 6) is 0. The Morgan fingerprint density at radius 1 is 1.00 bits per heavy atom. The number of benzene rings is 2. The second kappa shape index (κ2) is 7.06. The van der Waals surface area contributed by atoms with Crippen LogP contribution in [0.4, 0.5) is 0 Å². The van der Waals surface area contributed by atoms with Gasteiger partial charge in [-0.1, -0.05) is 56.3 Å². The van der Waals surface area contributed by atoms with Crippen molar-refractivity contribution in [3.63, 3.8) is 0 Å². The number of nitrogens with zero attached hydrogens (tertiary/aromatic N) is 1. The smallest absolute Gasteiger partial charge is 0.0219 e. The zero-order chi connectivity index (χ0) is 15.3. The zero-order valence-electron chi connectivity index (χ0n) is 13.6. The molecule has 0 unspecified atom stereocenters. The molecule has 0 bridgehead atoms. The summed E-state index contributed by atoms with van der Waals surface area (Å²) in [5.41, 5.74) is 7.92. The maximum Gasteiger partial charge on any atom is 0.0219 e. The van der Waals surface area contributed by atoms with Gasteiger partial charge >= 0.3 is 0 Å². The Labute approximate surface area is 128 Å². The molecule has 2 N–H and O–H groups in total. The van der Waals surface area contributed by atoms with Crippen LogP contribution < -0.4 is 5.73 Å². The number of piperidine rings is 1. The van der Waals surface area contributed by atoms with Crippen molar-refractivity contribution in [2.75, 3.05) is 20.1 Å². The highest BCUT2D eigenvalue weighted by atomic mass is 15.1. The van der Waals surface area contributed by atoms with Crippen LogP contribution >= 0.6 is 0 Å². The lowest BCUT2D eigenvalue weighted by Crippen LogP contribution is -2.50. The summed E-state index contributed by atoms with van der Waals surface area (Å²) < 4.78 is 0. The molecular weight excluding hydrogens is 256 g/mol. The lowest BCUT2D eigenvalue weighted by atomic mass is 9.82. The van der Waals surface area contributed by atoms with Crippen LogP contribution in [0.2, 0.25) is 0 Å². The van der Waals surface area contributed by atoms with Crippen molar-refractivity contribution < 1.29 is 0 Å². The van der Waals surface area contributed by atoms with E-state index in [4.69, 9.17) is 5.73 Å². The summed E-state index contributed by atoms with van der Waals surface area (Å²) in [6.07, 6.45) is 3.18. The number of hydrogen-bond donors (Lipinski definition) is 1. The van der Waals surface area contributed by atoms with Gasteiger partial charge in [-0.05, 0) is 55.7 Å². The first-order valence-corrected chi connectivity index (χ1v) is 8.10. The van der Waals surface area contributed by atoms with Gasteiger partial charge in [0, 0.05) is 5.54 Å². The third-order valence-electron chi connectivity index (χ3n) is 4.35. The van der Waals surface area contributed by atoms with Gasteiger partial charge in [0.25, 0.3) is 0 Å². The third kappa shape index (κ3) is 4.05. The van der Waals surface area contributed by atoms with Gasteiger partial charge in [-0.3, -0.25) is 0 Å². The predicted molar refractivity (Wildman–Crippen MR) is 92.6 cm³/mol. The van der Waals surface area contributed by atoms with Gasteiger partial charge in [0.15, 0.2) is 0 Å². The summed E-state index contributed by atoms with van der Waals surface area (Å²) in [6, 6.07) is 15.3. The normalized spacial score (nSPS) is 18.1. The van der Waals surface area contributed by atoms with E-state index in [9.17, 15) is 0 Å². The van der Waals surface area contributed by atoms with Crippen molar-refractivity contribution in [3.8, 4) is 0 Å². The quantitative estimate of drug-likeness (QED) is 0.908. The highest BCUT2D eigenvalue weighted by molar-refractivity contribution is 5.83. The molecule has 0 amide bonds. The van der Waals surface area contributed by atoms with Gasteiger partial charge in [0.2, 0.25) is 0 Å². The molecule has 1 aliphatic heterocycles. The van der Waals surface area contributed by atoms with Gasteiger partial charge in [0.1, 0.15) is 0 Å². The molecule has 0 aromatic heterocycles. The van der Waals surface area contributed by atoms with Crippen LogP contribution in [0.1, 0.15) is 32.3 Å². The van der Waals surface area contributed by atoms with Crippen LogP contribution in [-0.2, 0) is 6.42 Å². The highest BCUT2D eigenvalue weighted by Gasteiger charge is 2.29. The maximum atomic E-state index is 6.57. The van der Waals surface area contributed by atoms with Crippen LogP contribution in [-0.4, -0.2) is 30.6 Å². The van der Waals surface area contributed by atoms with Gasteiger partial charge in [-0.25, -0.2) is 0 Å². The van der Waals surface area contributed by atoms with E-state index in [1.54, 1.807) is 0 Å². The van der Waals surface area contributed by atoms with E-state index >= 15 is 0 Å². The number of fused-ring (bicyclic) bond motifs is 1. The topological polar surface area (TPSA) is 29.3 Å². The van der Waals surface area contributed by atoms with Crippen LogP contribution in [0, 0.1) is 0 Å². The summed E-state index contributed by atoms with van der Waals surface area (Å²) in [5, 5.41) is 2.62. The Kier molecular flexibility index (Phi) is 5.38. The van der Waals surface area contributed by atoms with E-state index in [2.05, 4.69) is 54.4 Å². The average Bonchev–Trinajstić information content (AvgIpc) is 2.52. The fourth-order valence-corrected chi connectivity index (χ4v) is 3.00. The molecule has 2 nitrogen and oxygen atoms in total. The zero-order valence-corrected chi connectivity index (χ0v) is 13.6. The lowest BCUT2D eigenvalue weighted by molar-refractivity contribution is 0.190. The third-order valence-corrected chi connectivity index (χ3v) is 4.35. The monoisotopic (exact) mass is 284 g/mol. The molecule has 114 valence electrons. The van der Waals surface area contributed by atoms with Crippen LogP contribution in [0.15, 0.2) is 42.5 Å². The van der Waals surface area contributed by atoms with E-state index in [0.717, 1.165) is 32.4 Å². The molecule has 2 aromatic rings. The first-order valence-electron chi connectivity index (χ1n) is 8.10. The number of rotatable bonds is 2. The van der Waals surface area contributed by atoms with Crippen molar-refractivity contribution in [3.05, 3.63) is 48.0 Å². The molecule has 0 spiro atoms. The first-order chi connectivity index (χ1) is 10.1. The molecule has 1 heterocycles. The van der Waals surface area contributed by atoms with Gasteiger partial charge < -0.3 is 10.6 Å². The summed E-state index contributed by atoms with van der Waals surface area (Å²) in [4.78, 5) is 2.37. The van der Waals surface area contributed by atoms with Crippen LogP contribution in [0.5, 0.6) is 0 Å². The molecule has 1 saturated heterocycles. The first kappa shape index (κ1) is 16.0. The molecule has 1 fully saturated rings. The van der Waals surface area contributed by atoms with Crippen molar-refractivity contribution in [2.45, 2.75) is 38.6 Å². The van der Waals surface area contributed by atoms with E-state index in [-0.39, 0.29) is 5.54 Å². The van der Waals surface area contributed by atoms with Crippen LogP contribution in [0.3, 0.4) is 0 Å². The summed E-state index contributed by atoms with van der Waals surface area (Å²) in [6.45, 7) is 6.23. The second-order valence-electron chi connectivity index (χ2n) is 6.02. The Morgan fingerprint density at radius 3 is 2.29 bits per heavy atom. The van der Waals surface area contributed by atoms with E-state index in [1.807, 2.05) is 13.8 Å². The maximum absolute atomic E-state index is 6.57. The van der Waals surface area contributed by atoms with Crippen molar-refractivity contribution in [2.24, 2.45) is 5.73 Å². The Hall–Kier alpha value is -1.38. The number of hydrogen-bond acceptors (Lipinski definition) is 2. The van der Waals surface area contributed by atoms with E-state index in [0.29, 0.717) is 0 Å². The Balaban J connectivity index is 0.000000774. The molecule has 0 radical (unpaired) electrons. The minimum absolute atomic E-state index is 0.0189. The molecule has 0 aliphatic carbocycles. The van der Waals surface area contributed by atoms with Gasteiger partial charge in [0.05, 0.1) is 0 Å². The van der Waals surface area contributed by atoms with Crippen molar-refractivity contribution >= 4 is 10.8 Å². The number of likely N-dealkylation sites (tertiary alicyclic amines) is 1. The molecule has 0 atom stereocenters.